The maximum Gasteiger partial charge on any atom is 0.303 e. The summed E-state index contributed by atoms with van der Waals surface area (Å²) in [6.45, 7) is 3.51. The van der Waals surface area contributed by atoms with Crippen molar-refractivity contribution in [2.45, 2.75) is 32.2 Å². The first-order valence-corrected chi connectivity index (χ1v) is 12.8. The van der Waals surface area contributed by atoms with Crippen molar-refractivity contribution in [3.8, 4) is 11.1 Å². The van der Waals surface area contributed by atoms with Gasteiger partial charge in [0.05, 0.1) is 22.3 Å². The Bertz CT molecular complexity index is 1420. The van der Waals surface area contributed by atoms with Crippen molar-refractivity contribution in [3.63, 3.8) is 0 Å². The molecule has 1 atom stereocenters. The number of carbonyl (C=O) groups is 1. The summed E-state index contributed by atoms with van der Waals surface area (Å²) >= 11 is 6.55. The number of fused-ring (bicyclic) bond motifs is 1. The van der Waals surface area contributed by atoms with Gasteiger partial charge in [0.25, 0.3) is 0 Å². The number of aliphatic carboxylic acids is 1. The van der Waals surface area contributed by atoms with Crippen molar-refractivity contribution in [1.82, 2.24) is 9.97 Å². The van der Waals surface area contributed by atoms with Crippen molar-refractivity contribution in [3.05, 3.63) is 83.4 Å². The number of nitrogens with one attached hydrogen (secondary N) is 1. The number of hydrogen-bond acceptors (Lipinski definition) is 5. The summed E-state index contributed by atoms with van der Waals surface area (Å²) in [4.78, 5) is 22.4. The quantitative estimate of drug-likeness (QED) is 0.275. The van der Waals surface area contributed by atoms with Crippen LogP contribution in [0.2, 0.25) is 5.02 Å². The number of carboxylic acids is 1. The monoisotopic (exact) mass is 518 g/mol. The number of benzene rings is 2. The normalized spacial score (nSPS) is 15.1. The zero-order valence-electron chi connectivity index (χ0n) is 20.5. The number of anilines is 2. The highest BCUT2D eigenvalue weighted by Crippen LogP contribution is 2.35. The van der Waals surface area contributed by atoms with E-state index in [9.17, 15) is 9.18 Å². The van der Waals surface area contributed by atoms with Crippen LogP contribution in [0.15, 0.2) is 67.0 Å². The van der Waals surface area contributed by atoms with Crippen LogP contribution in [0.3, 0.4) is 0 Å². The Morgan fingerprint density at radius 2 is 1.86 bits per heavy atom. The standard InChI is InChI=1S/C29H28ClFN4O2/c1-18(22-4-2-3-5-25(22)31)34-29-23-15-20(6-8-26(23)32-17-24(29)30)21-7-9-27(33-16-21)35-12-10-19(11-13-35)14-28(36)37/h2-9,15-19H,10-14H2,1H3,(H,32,34)(H,36,37)/t18-/m1/s1. The third kappa shape index (κ3) is 5.52. The molecule has 1 aliphatic heterocycles. The zero-order chi connectivity index (χ0) is 25.9. The molecule has 6 nitrogen and oxygen atoms in total. The summed E-state index contributed by atoms with van der Waals surface area (Å²) in [5, 5.41) is 13.7. The second kappa shape index (κ2) is 10.7. The molecule has 8 heteroatoms. The summed E-state index contributed by atoms with van der Waals surface area (Å²) in [6, 6.07) is 16.4. The Balaban J connectivity index is 1.38. The molecule has 4 aromatic rings. The Kier molecular flexibility index (Phi) is 7.24. The van der Waals surface area contributed by atoms with Gasteiger partial charge in [0, 0.05) is 48.4 Å². The van der Waals surface area contributed by atoms with E-state index in [1.807, 2.05) is 49.5 Å². The molecule has 2 aromatic carbocycles. The number of rotatable bonds is 7. The predicted molar refractivity (Wildman–Crippen MR) is 146 cm³/mol. The summed E-state index contributed by atoms with van der Waals surface area (Å²) in [6.07, 6.45) is 5.41. The van der Waals surface area contributed by atoms with Crippen LogP contribution in [-0.4, -0.2) is 34.1 Å². The molecule has 190 valence electrons. The van der Waals surface area contributed by atoms with E-state index in [1.165, 1.54) is 6.07 Å². The molecule has 0 saturated carbocycles. The van der Waals surface area contributed by atoms with Crippen LogP contribution < -0.4 is 10.2 Å². The Hall–Kier alpha value is -3.71. The first-order valence-electron chi connectivity index (χ1n) is 12.4. The second-order valence-electron chi connectivity index (χ2n) is 9.53. The van der Waals surface area contributed by atoms with E-state index >= 15 is 0 Å². The van der Waals surface area contributed by atoms with Crippen LogP contribution in [0.25, 0.3) is 22.0 Å². The largest absolute Gasteiger partial charge is 0.481 e. The molecule has 0 amide bonds. The maximum absolute atomic E-state index is 14.4. The molecule has 37 heavy (non-hydrogen) atoms. The summed E-state index contributed by atoms with van der Waals surface area (Å²) in [5.41, 5.74) is 3.98. The van der Waals surface area contributed by atoms with Gasteiger partial charge in [-0.25, -0.2) is 9.37 Å². The number of halogens is 2. The fourth-order valence-corrected chi connectivity index (χ4v) is 5.18. The highest BCUT2D eigenvalue weighted by atomic mass is 35.5. The molecule has 2 N–H and O–H groups in total. The molecule has 3 heterocycles. The van der Waals surface area contributed by atoms with Crippen molar-refractivity contribution >= 4 is 40.0 Å². The Labute approximate surface area is 220 Å². The molecule has 1 saturated heterocycles. The van der Waals surface area contributed by atoms with Crippen LogP contribution in [0.4, 0.5) is 15.9 Å². The number of aromatic nitrogens is 2. The highest BCUT2D eigenvalue weighted by Gasteiger charge is 2.22. The third-order valence-electron chi connectivity index (χ3n) is 7.04. The average molecular weight is 519 g/mol. The topological polar surface area (TPSA) is 78.4 Å². The molecule has 0 unspecified atom stereocenters. The van der Waals surface area contributed by atoms with Crippen LogP contribution in [0.1, 0.15) is 37.8 Å². The molecule has 0 aliphatic carbocycles. The summed E-state index contributed by atoms with van der Waals surface area (Å²) < 4.78 is 14.4. The summed E-state index contributed by atoms with van der Waals surface area (Å²) in [5.74, 6) is 0.127. The number of nitrogens with zero attached hydrogens (tertiary/aromatic N) is 3. The average Bonchev–Trinajstić information content (AvgIpc) is 2.90. The second-order valence-corrected chi connectivity index (χ2v) is 9.94. The van der Waals surface area contributed by atoms with Crippen LogP contribution in [0.5, 0.6) is 0 Å². The lowest BCUT2D eigenvalue weighted by atomic mass is 9.93. The fraction of sp³-hybridized carbons (Fsp3) is 0.276. The summed E-state index contributed by atoms with van der Waals surface area (Å²) in [7, 11) is 0. The molecular formula is C29H28ClFN4O2. The third-order valence-corrected chi connectivity index (χ3v) is 7.32. The number of carboxylic acid groups (broad SMARTS) is 1. The Morgan fingerprint density at radius 1 is 1.11 bits per heavy atom. The molecule has 0 spiro atoms. The Morgan fingerprint density at radius 3 is 2.57 bits per heavy atom. The molecule has 2 aromatic heterocycles. The lowest BCUT2D eigenvalue weighted by molar-refractivity contribution is -0.138. The van der Waals surface area contributed by atoms with E-state index in [1.54, 1.807) is 18.3 Å². The molecule has 0 radical (unpaired) electrons. The van der Waals surface area contributed by atoms with Crippen molar-refractivity contribution in [2.75, 3.05) is 23.3 Å². The van der Waals surface area contributed by atoms with Gasteiger partial charge in [0.1, 0.15) is 11.6 Å². The van der Waals surface area contributed by atoms with E-state index in [4.69, 9.17) is 21.7 Å². The van der Waals surface area contributed by atoms with E-state index in [0.29, 0.717) is 16.3 Å². The minimum Gasteiger partial charge on any atom is -0.481 e. The molecule has 5 rings (SSSR count). The lowest BCUT2D eigenvalue weighted by Gasteiger charge is -2.32. The minimum atomic E-state index is -0.729. The SMILES string of the molecule is C[C@@H](Nc1c(Cl)cnc2ccc(-c3ccc(N4CCC(CC(=O)O)CC4)nc3)cc12)c1ccccc1F. The van der Waals surface area contributed by atoms with Gasteiger partial charge in [-0.05, 0) is 61.6 Å². The van der Waals surface area contributed by atoms with Gasteiger partial charge in [-0.15, -0.1) is 0 Å². The van der Waals surface area contributed by atoms with Gasteiger partial charge in [0.2, 0.25) is 0 Å². The van der Waals surface area contributed by atoms with E-state index in [0.717, 1.165) is 53.8 Å². The minimum absolute atomic E-state index is 0.231. The van der Waals surface area contributed by atoms with Crippen LogP contribution in [0, 0.1) is 11.7 Å². The van der Waals surface area contributed by atoms with Gasteiger partial charge < -0.3 is 15.3 Å². The van der Waals surface area contributed by atoms with Crippen molar-refractivity contribution in [2.24, 2.45) is 5.92 Å². The number of hydrogen-bond donors (Lipinski definition) is 2. The molecule has 0 bridgehead atoms. The lowest BCUT2D eigenvalue weighted by Crippen LogP contribution is -2.34. The zero-order valence-corrected chi connectivity index (χ0v) is 21.3. The molecule has 1 aliphatic rings. The molecule has 1 fully saturated rings. The van der Waals surface area contributed by atoms with Gasteiger partial charge in [-0.2, -0.15) is 0 Å². The van der Waals surface area contributed by atoms with Gasteiger partial charge in [-0.3, -0.25) is 9.78 Å². The van der Waals surface area contributed by atoms with Crippen molar-refractivity contribution in [1.29, 1.82) is 0 Å². The molecular weight excluding hydrogens is 491 g/mol. The van der Waals surface area contributed by atoms with E-state index in [-0.39, 0.29) is 24.2 Å². The first kappa shape index (κ1) is 25.0. The van der Waals surface area contributed by atoms with Crippen molar-refractivity contribution < 1.29 is 14.3 Å². The number of piperidine rings is 1. The van der Waals surface area contributed by atoms with E-state index in [2.05, 4.69) is 15.2 Å². The highest BCUT2D eigenvalue weighted by molar-refractivity contribution is 6.34. The van der Waals surface area contributed by atoms with Gasteiger partial charge in [0.15, 0.2) is 0 Å². The maximum atomic E-state index is 14.4. The predicted octanol–water partition coefficient (Wildman–Crippen LogP) is 6.95. The van der Waals surface area contributed by atoms with Crippen LogP contribution >= 0.6 is 11.6 Å². The van der Waals surface area contributed by atoms with Gasteiger partial charge >= 0.3 is 5.97 Å². The van der Waals surface area contributed by atoms with Crippen LogP contribution in [-0.2, 0) is 4.79 Å². The number of pyridine rings is 2. The fourth-order valence-electron chi connectivity index (χ4n) is 4.97. The first-order chi connectivity index (χ1) is 17.9. The van der Waals surface area contributed by atoms with E-state index < -0.39 is 5.97 Å². The smallest absolute Gasteiger partial charge is 0.303 e. The van der Waals surface area contributed by atoms with Gasteiger partial charge in [-0.1, -0.05) is 35.9 Å².